The Hall–Kier alpha value is -4.26. The number of hydrogen-bond acceptors (Lipinski definition) is 3. The molecule has 0 fully saturated rings. The first-order valence-electron chi connectivity index (χ1n) is 20.5. The van der Waals surface area contributed by atoms with Gasteiger partial charge in [-0.2, -0.15) is 0 Å². The molecular formula is C50H49F3IrN2O2Se-2. The van der Waals surface area contributed by atoms with Gasteiger partial charge >= 0.3 is 213 Å². The fourth-order valence-electron chi connectivity index (χ4n) is 8.20. The Morgan fingerprint density at radius 3 is 2.15 bits per heavy atom. The molecule has 6 aromatic rings. The molecule has 11 rings (SSSR count). The van der Waals surface area contributed by atoms with Crippen molar-refractivity contribution < 1.29 is 43.2 Å². The summed E-state index contributed by atoms with van der Waals surface area (Å²) < 4.78 is 47.0. The number of benzene rings is 5. The summed E-state index contributed by atoms with van der Waals surface area (Å²) in [6.07, 6.45) is 5.10. The van der Waals surface area contributed by atoms with E-state index in [4.69, 9.17) is 0 Å². The van der Waals surface area contributed by atoms with Crippen molar-refractivity contribution in [1.82, 2.24) is 0 Å². The quantitative estimate of drug-likeness (QED) is 0.0679. The summed E-state index contributed by atoms with van der Waals surface area (Å²) in [5, 5.41) is 16.0. The van der Waals surface area contributed by atoms with Crippen LogP contribution in [0.2, 0.25) is 0 Å². The van der Waals surface area contributed by atoms with Gasteiger partial charge in [-0.1, -0.05) is 52.0 Å². The summed E-state index contributed by atoms with van der Waals surface area (Å²) in [5.41, 5.74) is 6.46. The SMILES string of the molecule is CCC(CC)C(=O)/C=C(\O)C(CC)CC.FC(F)(F)c1c2c(cc3ccc(-c4cc5ccc4CCc4ccc(cc4)CC5)cc13)C(c1[c-]c3ccccc3[se]1)[N-]C=N2.[Ir]. The second kappa shape index (κ2) is 19.4. The third-order valence-corrected chi connectivity index (χ3v) is 14.1. The standard InChI is InChI=1S/C37H25F3N2Se.C13H24O2.Ir/c38-37(39,40)34-30-18-26(29-17-24-10-9-22-5-7-23(8-6-22)11-13-25(29)14-12-24)15-16-27(30)19-31-35(41-21-42-36(31)34)33-20-28-3-1-2-4-32(28)43-33;1-5-10(6-2)12(14)9-13(15)11(7-3)8-4;/h1-8,12,14-19,21,35H,9-11,13H2;9-11,14H,5-8H2,1-4H3;/q-2;;/b;12-9-;. The minimum absolute atomic E-state index is 0. The third-order valence-electron chi connectivity index (χ3n) is 11.7. The van der Waals surface area contributed by atoms with Gasteiger partial charge in [-0.3, -0.25) is 4.79 Å². The summed E-state index contributed by atoms with van der Waals surface area (Å²) in [4.78, 5) is 16.0. The molecule has 1 aromatic heterocycles. The fraction of sp³-hybridized carbons (Fsp3) is 0.320. The van der Waals surface area contributed by atoms with Crippen LogP contribution in [-0.2, 0) is 56.8 Å². The van der Waals surface area contributed by atoms with Gasteiger partial charge in [0.2, 0.25) is 0 Å². The van der Waals surface area contributed by atoms with Crippen LogP contribution in [0.25, 0.3) is 36.9 Å². The number of aliphatic hydroxyl groups excluding tert-OH is 1. The first kappa shape index (κ1) is 44.3. The van der Waals surface area contributed by atoms with Gasteiger partial charge < -0.3 is 5.11 Å². The van der Waals surface area contributed by atoms with Crippen molar-refractivity contribution >= 4 is 52.7 Å². The number of aliphatic imine (C=N–C) groups is 1. The number of rotatable bonds is 9. The first-order valence-corrected chi connectivity index (χ1v) is 22.2. The number of hydrogen-bond donors (Lipinski definition) is 1. The molecule has 4 nitrogen and oxygen atoms in total. The fourth-order valence-corrected chi connectivity index (χ4v) is 10.5. The van der Waals surface area contributed by atoms with E-state index in [0.29, 0.717) is 10.9 Å². The number of carbonyl (C=O) groups excluding carboxylic acids is 1. The Kier molecular flexibility index (Phi) is 14.6. The van der Waals surface area contributed by atoms with Gasteiger partial charge in [-0.05, 0) is 43.2 Å². The zero-order valence-electron chi connectivity index (χ0n) is 33.8. The molecule has 309 valence electrons. The van der Waals surface area contributed by atoms with Gasteiger partial charge in [0.1, 0.15) is 0 Å². The molecule has 1 N–H and O–H groups in total. The molecule has 5 aliphatic rings. The number of ketones is 1. The largest absolute Gasteiger partial charge is 0 e. The molecule has 0 saturated carbocycles. The molecule has 0 saturated heterocycles. The Labute approximate surface area is 365 Å². The molecule has 1 radical (unpaired) electrons. The van der Waals surface area contributed by atoms with Crippen molar-refractivity contribution in [2.45, 2.75) is 91.3 Å². The smallest absolute Gasteiger partial charge is 0 e. The maximum absolute atomic E-state index is 15.0. The molecule has 59 heavy (non-hydrogen) atoms. The normalized spacial score (nSPS) is 15.0. The Morgan fingerprint density at radius 1 is 0.847 bits per heavy atom. The minimum Gasteiger partial charge on any atom is 0 e. The summed E-state index contributed by atoms with van der Waals surface area (Å²) in [7, 11) is 0. The van der Waals surface area contributed by atoms with Crippen molar-refractivity contribution in [3.8, 4) is 11.1 Å². The number of nitrogens with zero attached hydrogens (tertiary/aromatic N) is 2. The average Bonchev–Trinajstić information content (AvgIpc) is 3.65. The van der Waals surface area contributed by atoms with Crippen LogP contribution in [0.5, 0.6) is 0 Å². The van der Waals surface area contributed by atoms with Crippen molar-refractivity contribution in [2.75, 3.05) is 0 Å². The molecule has 0 spiro atoms. The number of aryl methyl sites for hydroxylation is 4. The van der Waals surface area contributed by atoms with E-state index in [-0.39, 0.29) is 69.1 Å². The van der Waals surface area contributed by atoms with Crippen LogP contribution in [0, 0.1) is 17.9 Å². The predicted octanol–water partition coefficient (Wildman–Crippen LogP) is 13.4. The average molecular weight is 1040 g/mol. The third kappa shape index (κ3) is 9.87. The number of carbonyl (C=O) groups is 1. The van der Waals surface area contributed by atoms with Crippen LogP contribution in [0.15, 0.2) is 108 Å². The summed E-state index contributed by atoms with van der Waals surface area (Å²) in [6, 6.07) is 33.6. The molecule has 1 aliphatic heterocycles. The second-order valence-corrected chi connectivity index (χ2v) is 17.6. The number of alkyl halides is 3. The maximum Gasteiger partial charge on any atom is 0 e. The Balaban J connectivity index is 0.000000315. The topological polar surface area (TPSA) is 63.8 Å². The van der Waals surface area contributed by atoms with E-state index in [1.165, 1.54) is 33.4 Å². The number of allylic oxidation sites excluding steroid dienone is 2. The zero-order valence-corrected chi connectivity index (χ0v) is 37.9. The van der Waals surface area contributed by atoms with Crippen LogP contribution in [0.4, 0.5) is 18.9 Å². The summed E-state index contributed by atoms with van der Waals surface area (Å²) >= 11 is -0.0613. The summed E-state index contributed by atoms with van der Waals surface area (Å²) in [6.45, 7) is 8.07. The Bertz CT molecular complexity index is 2450. The molecule has 2 heterocycles. The Morgan fingerprint density at radius 2 is 1.49 bits per heavy atom. The second-order valence-electron chi connectivity index (χ2n) is 15.3. The number of aliphatic hydroxyl groups is 1. The van der Waals surface area contributed by atoms with E-state index in [0.717, 1.165) is 77.9 Å². The monoisotopic (exact) mass is 1040 g/mol. The van der Waals surface area contributed by atoms with Crippen LogP contribution in [-0.4, -0.2) is 31.7 Å². The van der Waals surface area contributed by atoms with E-state index in [1.54, 1.807) is 6.07 Å². The predicted molar refractivity (Wildman–Crippen MR) is 233 cm³/mol. The molecule has 4 aliphatic carbocycles. The van der Waals surface area contributed by atoms with E-state index in [1.807, 2.05) is 64.1 Å². The van der Waals surface area contributed by atoms with Gasteiger partial charge in [0.05, 0.1) is 5.76 Å². The van der Waals surface area contributed by atoms with Crippen molar-refractivity contribution in [3.63, 3.8) is 0 Å². The van der Waals surface area contributed by atoms with Gasteiger partial charge in [-0.25, -0.2) is 0 Å². The van der Waals surface area contributed by atoms with E-state index < -0.39 is 17.8 Å². The number of fused-ring (bicyclic) bond motifs is 3. The molecule has 1 atom stereocenters. The molecule has 4 bridgehead atoms. The van der Waals surface area contributed by atoms with Crippen LogP contribution in [0.1, 0.15) is 97.2 Å². The van der Waals surface area contributed by atoms with Gasteiger partial charge in [0.25, 0.3) is 0 Å². The molecule has 1 unspecified atom stereocenters. The van der Waals surface area contributed by atoms with E-state index >= 15 is 0 Å². The minimum atomic E-state index is -4.59. The van der Waals surface area contributed by atoms with Crippen LogP contribution in [0.3, 0.4) is 0 Å². The van der Waals surface area contributed by atoms with Crippen molar-refractivity contribution in [3.05, 3.63) is 152 Å². The van der Waals surface area contributed by atoms with Crippen LogP contribution < -0.4 is 0 Å². The molecular weight excluding hydrogens is 989 g/mol. The van der Waals surface area contributed by atoms with Gasteiger partial charge in [0.15, 0.2) is 5.78 Å². The molecule has 0 amide bonds. The number of halogens is 3. The van der Waals surface area contributed by atoms with E-state index in [9.17, 15) is 23.1 Å². The van der Waals surface area contributed by atoms with Crippen molar-refractivity contribution in [1.29, 1.82) is 0 Å². The summed E-state index contributed by atoms with van der Waals surface area (Å²) in [5.74, 6) is 0.547. The van der Waals surface area contributed by atoms with Crippen LogP contribution >= 0.6 is 0 Å². The van der Waals surface area contributed by atoms with Crippen molar-refractivity contribution in [2.24, 2.45) is 16.8 Å². The zero-order chi connectivity index (χ0) is 41.0. The van der Waals surface area contributed by atoms with Gasteiger partial charge in [-0.15, -0.1) is 0 Å². The molecule has 9 heteroatoms. The first-order chi connectivity index (χ1) is 28.0. The maximum atomic E-state index is 15.0. The van der Waals surface area contributed by atoms with E-state index in [2.05, 4.69) is 64.9 Å². The van der Waals surface area contributed by atoms with Gasteiger partial charge in [0, 0.05) is 38.0 Å². The molecule has 5 aromatic carbocycles.